The van der Waals surface area contributed by atoms with E-state index in [0.29, 0.717) is 0 Å². The van der Waals surface area contributed by atoms with Gasteiger partial charge in [-0.05, 0) is 49.5 Å². The molecular formula is C36H28Cl2N2Zr. The normalized spacial score (nSPS) is 10.6. The van der Waals surface area contributed by atoms with Crippen LogP contribution in [-0.2, 0) is 26.2 Å². The van der Waals surface area contributed by atoms with Crippen LogP contribution < -0.4 is 24.8 Å². The summed E-state index contributed by atoms with van der Waals surface area (Å²) in [6.07, 6.45) is 0. The minimum absolute atomic E-state index is 0. The molecule has 0 aliphatic heterocycles. The number of para-hydroxylation sites is 2. The average molecular weight is 651 g/mol. The van der Waals surface area contributed by atoms with E-state index in [2.05, 4.69) is 156 Å². The average Bonchev–Trinajstić information content (AvgIpc) is 3.69. The Morgan fingerprint density at radius 2 is 0.780 bits per heavy atom. The van der Waals surface area contributed by atoms with Gasteiger partial charge in [0.15, 0.2) is 0 Å². The van der Waals surface area contributed by atoms with Crippen LogP contribution >= 0.6 is 0 Å². The van der Waals surface area contributed by atoms with Crippen molar-refractivity contribution in [2.45, 2.75) is 13.8 Å². The van der Waals surface area contributed by atoms with Crippen molar-refractivity contribution in [2.75, 3.05) is 0 Å². The molecule has 0 fully saturated rings. The van der Waals surface area contributed by atoms with Crippen molar-refractivity contribution in [1.82, 2.24) is 9.13 Å². The fourth-order valence-corrected chi connectivity index (χ4v) is 5.80. The van der Waals surface area contributed by atoms with Gasteiger partial charge in [-0.3, -0.25) is 0 Å². The van der Waals surface area contributed by atoms with Crippen molar-refractivity contribution >= 4 is 43.4 Å². The third-order valence-electron chi connectivity index (χ3n) is 7.51. The van der Waals surface area contributed by atoms with Crippen molar-refractivity contribution in [3.8, 4) is 11.4 Å². The molecule has 5 heteroatoms. The third-order valence-corrected chi connectivity index (χ3v) is 7.51. The van der Waals surface area contributed by atoms with E-state index in [-0.39, 0.29) is 51.0 Å². The maximum absolute atomic E-state index is 2.33. The van der Waals surface area contributed by atoms with E-state index in [9.17, 15) is 0 Å². The molecule has 200 valence electrons. The Morgan fingerprint density at radius 1 is 0.439 bits per heavy atom. The van der Waals surface area contributed by atoms with Gasteiger partial charge in [-0.2, -0.15) is 0 Å². The van der Waals surface area contributed by atoms with Crippen LogP contribution in [0.1, 0.15) is 11.4 Å². The molecule has 0 unspecified atom stereocenters. The monoisotopic (exact) mass is 648 g/mol. The van der Waals surface area contributed by atoms with Gasteiger partial charge >= 0.3 is 26.2 Å². The van der Waals surface area contributed by atoms with Crippen LogP contribution in [0.4, 0.5) is 0 Å². The number of hydrogen-bond acceptors (Lipinski definition) is 0. The van der Waals surface area contributed by atoms with E-state index >= 15 is 0 Å². The summed E-state index contributed by atoms with van der Waals surface area (Å²) in [5, 5.41) is 7.80. The maximum Gasteiger partial charge on any atom is 4.00 e. The standard InChI is InChI=1S/2C18H14N.2ClH.Zr/c2*1-13-10-16-8-4-5-9-18(16)19(13)17-11-14-6-2-3-7-15(14)12-17;;;/h2*2-12H,1H3;2*1H;/q2*-1;;;+4/p-2. The molecule has 0 bridgehead atoms. The first-order valence-corrected chi connectivity index (χ1v) is 13.1. The number of aromatic nitrogens is 2. The van der Waals surface area contributed by atoms with E-state index in [1.165, 1.54) is 66.1 Å². The molecular weight excluding hydrogens is 623 g/mol. The molecule has 2 nitrogen and oxygen atoms in total. The second-order valence-electron chi connectivity index (χ2n) is 10.0. The molecule has 0 aliphatic rings. The first kappa shape index (κ1) is 30.6. The Hall–Kier alpha value is -3.36. The Bertz CT molecular complexity index is 1860. The predicted octanol–water partition coefficient (Wildman–Crippen LogP) is 3.63. The molecule has 41 heavy (non-hydrogen) atoms. The summed E-state index contributed by atoms with van der Waals surface area (Å²) in [6, 6.07) is 47.6. The van der Waals surface area contributed by atoms with Crippen LogP contribution in [0.15, 0.2) is 133 Å². The first-order chi connectivity index (χ1) is 18.7. The van der Waals surface area contributed by atoms with E-state index in [1.807, 2.05) is 0 Å². The number of aryl methyl sites for hydroxylation is 2. The maximum atomic E-state index is 2.33. The number of benzene rings is 4. The van der Waals surface area contributed by atoms with Crippen LogP contribution in [0.2, 0.25) is 0 Å². The quantitative estimate of drug-likeness (QED) is 0.253. The molecule has 0 aliphatic carbocycles. The zero-order chi connectivity index (χ0) is 25.6. The number of halogens is 2. The van der Waals surface area contributed by atoms with Crippen molar-refractivity contribution in [3.05, 3.63) is 145 Å². The molecule has 0 atom stereocenters. The van der Waals surface area contributed by atoms with Crippen LogP contribution in [0.5, 0.6) is 0 Å². The zero-order valence-corrected chi connectivity index (χ0v) is 26.8. The molecule has 8 aromatic rings. The number of hydrogen-bond donors (Lipinski definition) is 0. The Balaban J connectivity index is 0.000000176. The van der Waals surface area contributed by atoms with E-state index < -0.39 is 0 Å². The van der Waals surface area contributed by atoms with Crippen LogP contribution in [0.3, 0.4) is 0 Å². The molecule has 0 N–H and O–H groups in total. The van der Waals surface area contributed by atoms with Gasteiger partial charge in [0.2, 0.25) is 0 Å². The van der Waals surface area contributed by atoms with E-state index in [0.717, 1.165) is 0 Å². The van der Waals surface area contributed by atoms with Gasteiger partial charge in [0.05, 0.1) is 11.0 Å². The summed E-state index contributed by atoms with van der Waals surface area (Å²) < 4.78 is 4.66. The summed E-state index contributed by atoms with van der Waals surface area (Å²) >= 11 is 0. The van der Waals surface area contributed by atoms with Crippen molar-refractivity contribution in [2.24, 2.45) is 0 Å². The third kappa shape index (κ3) is 5.60. The first-order valence-electron chi connectivity index (χ1n) is 13.1. The topological polar surface area (TPSA) is 9.86 Å². The van der Waals surface area contributed by atoms with E-state index in [4.69, 9.17) is 0 Å². The van der Waals surface area contributed by atoms with Crippen molar-refractivity contribution in [1.29, 1.82) is 0 Å². The Labute approximate surface area is 271 Å². The van der Waals surface area contributed by atoms with Crippen LogP contribution in [-0.4, -0.2) is 9.13 Å². The summed E-state index contributed by atoms with van der Waals surface area (Å²) in [6.45, 7) is 4.33. The fraction of sp³-hybridized carbons (Fsp3) is 0.0556. The fourth-order valence-electron chi connectivity index (χ4n) is 5.80. The van der Waals surface area contributed by atoms with Crippen LogP contribution in [0, 0.1) is 13.8 Å². The summed E-state index contributed by atoms with van der Waals surface area (Å²) in [7, 11) is 0. The molecule has 0 amide bonds. The predicted molar refractivity (Wildman–Crippen MR) is 162 cm³/mol. The SMILES string of the molecule is Cc1cc2ccccc2n1-c1cc2ccccc2[cH-]1.Cc1cc2ccccc2n1-c1cc2ccccc2[cH-]1.[Cl-].[Cl-].[Zr+4]. The van der Waals surface area contributed by atoms with Gasteiger partial charge in [0, 0.05) is 22.2 Å². The number of rotatable bonds is 2. The Kier molecular flexibility index (Phi) is 9.45. The van der Waals surface area contributed by atoms with Crippen molar-refractivity contribution in [3.63, 3.8) is 0 Å². The molecule has 6 aromatic carbocycles. The van der Waals surface area contributed by atoms with Gasteiger partial charge in [-0.25, -0.2) is 0 Å². The second kappa shape index (κ2) is 12.7. The largest absolute Gasteiger partial charge is 4.00 e. The van der Waals surface area contributed by atoms with Crippen LogP contribution in [0.25, 0.3) is 54.7 Å². The molecule has 2 aromatic heterocycles. The van der Waals surface area contributed by atoms with Gasteiger partial charge in [0.25, 0.3) is 0 Å². The summed E-state index contributed by atoms with van der Waals surface area (Å²) in [4.78, 5) is 0. The van der Waals surface area contributed by atoms with Crippen molar-refractivity contribution < 1.29 is 51.0 Å². The molecule has 0 spiro atoms. The van der Waals surface area contributed by atoms with Gasteiger partial charge in [-0.1, -0.05) is 48.5 Å². The smallest absolute Gasteiger partial charge is 1.00 e. The van der Waals surface area contributed by atoms with Gasteiger partial charge < -0.3 is 33.9 Å². The minimum Gasteiger partial charge on any atom is -1.00 e. The molecule has 0 saturated heterocycles. The second-order valence-corrected chi connectivity index (χ2v) is 10.0. The number of fused-ring (bicyclic) bond motifs is 4. The molecule has 0 saturated carbocycles. The summed E-state index contributed by atoms with van der Waals surface area (Å²) in [5.74, 6) is 0. The number of nitrogens with zero attached hydrogens (tertiary/aromatic N) is 2. The van der Waals surface area contributed by atoms with Gasteiger partial charge in [0.1, 0.15) is 0 Å². The minimum atomic E-state index is 0. The Morgan fingerprint density at radius 3 is 1.17 bits per heavy atom. The van der Waals surface area contributed by atoms with E-state index in [1.54, 1.807) is 0 Å². The zero-order valence-electron chi connectivity index (χ0n) is 22.9. The summed E-state index contributed by atoms with van der Waals surface area (Å²) in [5.41, 5.74) is 7.60. The molecule has 2 heterocycles. The van der Waals surface area contributed by atoms with Gasteiger partial charge in [-0.15, -0.1) is 82.2 Å². The molecule has 8 rings (SSSR count). The molecule has 0 radical (unpaired) electrons.